The fraction of sp³-hybridized carbons (Fsp3) is 0.323. The van der Waals surface area contributed by atoms with Crippen LogP contribution in [0.25, 0.3) is 32.7 Å². The van der Waals surface area contributed by atoms with E-state index in [1.807, 2.05) is 12.1 Å². The van der Waals surface area contributed by atoms with Gasteiger partial charge in [-0.05, 0) is 67.4 Å². The first-order chi connectivity index (χ1) is 18.7. The molecule has 0 saturated carbocycles. The van der Waals surface area contributed by atoms with Crippen LogP contribution in [0, 0.1) is 0 Å². The average Bonchev–Trinajstić information content (AvgIpc) is 3.33. The molecule has 0 unspecified atom stereocenters. The van der Waals surface area contributed by atoms with Gasteiger partial charge >= 0.3 is 5.97 Å². The van der Waals surface area contributed by atoms with E-state index in [0.717, 1.165) is 53.1 Å². The monoisotopic (exact) mass is 507 g/mol. The summed E-state index contributed by atoms with van der Waals surface area (Å²) in [5, 5.41) is 8.00. The second-order valence-electron chi connectivity index (χ2n) is 10.1. The fourth-order valence-electron chi connectivity index (χ4n) is 5.52. The number of H-pyrrole nitrogens is 1. The molecule has 7 nitrogen and oxygen atoms in total. The molecular weight excluding hydrogens is 474 g/mol. The zero-order valence-corrected chi connectivity index (χ0v) is 21.8. The van der Waals surface area contributed by atoms with Crippen molar-refractivity contribution < 1.29 is 9.53 Å². The van der Waals surface area contributed by atoms with E-state index in [9.17, 15) is 4.79 Å². The molecule has 6 rings (SSSR count). The molecule has 2 N–H and O–H groups in total. The highest BCUT2D eigenvalue weighted by Gasteiger charge is 2.17. The lowest BCUT2D eigenvalue weighted by Crippen LogP contribution is -2.31. The highest BCUT2D eigenvalue weighted by molar-refractivity contribution is 6.12. The third-order valence-corrected chi connectivity index (χ3v) is 7.49. The molecule has 0 amide bonds. The Bertz CT molecular complexity index is 1600. The van der Waals surface area contributed by atoms with Crippen LogP contribution in [0.15, 0.2) is 60.7 Å². The van der Waals surface area contributed by atoms with E-state index in [1.165, 1.54) is 55.8 Å². The summed E-state index contributed by atoms with van der Waals surface area (Å²) in [6.45, 7) is 4.35. The van der Waals surface area contributed by atoms with Crippen molar-refractivity contribution in [3.8, 4) is 0 Å². The predicted octanol–water partition coefficient (Wildman–Crippen LogP) is 5.93. The molecule has 7 heteroatoms. The number of ether oxygens (including phenoxy) is 1. The zero-order chi connectivity index (χ0) is 25.9. The third-order valence-electron chi connectivity index (χ3n) is 7.49. The molecule has 3 heterocycles. The van der Waals surface area contributed by atoms with Gasteiger partial charge in [0.15, 0.2) is 0 Å². The Morgan fingerprint density at radius 1 is 1.00 bits per heavy atom. The molecule has 1 aliphatic heterocycles. The van der Waals surface area contributed by atoms with Crippen molar-refractivity contribution in [3.05, 3.63) is 77.6 Å². The molecular formula is C31H33N5O2. The Hall–Kier alpha value is -3.97. The number of benzene rings is 3. The van der Waals surface area contributed by atoms with Gasteiger partial charge in [-0.25, -0.2) is 14.8 Å². The highest BCUT2D eigenvalue weighted by Crippen LogP contribution is 2.31. The quantitative estimate of drug-likeness (QED) is 0.200. The fourth-order valence-corrected chi connectivity index (χ4v) is 5.52. The lowest BCUT2D eigenvalue weighted by atomic mass is 10.0. The van der Waals surface area contributed by atoms with Gasteiger partial charge in [0.05, 0.1) is 18.1 Å². The van der Waals surface area contributed by atoms with Crippen molar-refractivity contribution in [2.24, 2.45) is 0 Å². The number of anilines is 1. The number of aromatic nitrogens is 3. The second kappa shape index (κ2) is 10.8. The molecule has 0 bridgehead atoms. The van der Waals surface area contributed by atoms with Gasteiger partial charge in [0, 0.05) is 23.9 Å². The van der Waals surface area contributed by atoms with Crippen LogP contribution in [0.4, 0.5) is 5.82 Å². The summed E-state index contributed by atoms with van der Waals surface area (Å²) < 4.78 is 4.92. The number of esters is 1. The minimum Gasteiger partial charge on any atom is -0.465 e. The molecule has 38 heavy (non-hydrogen) atoms. The SMILES string of the molecule is COC(=O)c1ccc2c(c1)[nH]c1nc(Cc3ccc4ccccc4c3)nc(NCCCN3CCCCC3)c12. The van der Waals surface area contributed by atoms with Gasteiger partial charge in [-0.3, -0.25) is 0 Å². The maximum Gasteiger partial charge on any atom is 0.337 e. The summed E-state index contributed by atoms with van der Waals surface area (Å²) in [5.74, 6) is 1.23. The number of hydrogen-bond acceptors (Lipinski definition) is 6. The van der Waals surface area contributed by atoms with Gasteiger partial charge in [-0.15, -0.1) is 0 Å². The number of fused-ring (bicyclic) bond motifs is 4. The topological polar surface area (TPSA) is 83.1 Å². The molecule has 2 aromatic heterocycles. The number of nitrogens with one attached hydrogen (secondary N) is 2. The van der Waals surface area contributed by atoms with Crippen LogP contribution in [0.3, 0.4) is 0 Å². The average molecular weight is 508 g/mol. The van der Waals surface area contributed by atoms with Crippen LogP contribution in [-0.4, -0.2) is 59.1 Å². The van der Waals surface area contributed by atoms with Crippen LogP contribution in [0.5, 0.6) is 0 Å². The molecule has 0 atom stereocenters. The van der Waals surface area contributed by atoms with E-state index in [0.29, 0.717) is 12.0 Å². The zero-order valence-electron chi connectivity index (χ0n) is 21.8. The van der Waals surface area contributed by atoms with Gasteiger partial charge in [0.25, 0.3) is 0 Å². The first kappa shape index (κ1) is 24.4. The van der Waals surface area contributed by atoms with Gasteiger partial charge < -0.3 is 19.9 Å². The molecule has 1 saturated heterocycles. The number of methoxy groups -OCH3 is 1. The molecule has 1 fully saturated rings. The summed E-state index contributed by atoms with van der Waals surface area (Å²) in [5.41, 5.74) is 3.29. The van der Waals surface area contributed by atoms with Crippen molar-refractivity contribution in [1.29, 1.82) is 0 Å². The molecule has 0 spiro atoms. The maximum atomic E-state index is 12.1. The summed E-state index contributed by atoms with van der Waals surface area (Å²) in [4.78, 5) is 28.0. The lowest BCUT2D eigenvalue weighted by Gasteiger charge is -2.26. The number of rotatable bonds is 8. The minimum absolute atomic E-state index is 0.357. The van der Waals surface area contributed by atoms with Crippen molar-refractivity contribution in [2.75, 3.05) is 38.6 Å². The Labute approximate surface area is 222 Å². The maximum absolute atomic E-state index is 12.1. The van der Waals surface area contributed by atoms with E-state index in [1.54, 1.807) is 6.07 Å². The van der Waals surface area contributed by atoms with E-state index in [-0.39, 0.29) is 5.97 Å². The standard InChI is InChI=1S/C31H33N5O2/c1-38-31(37)24-12-13-25-26(20-24)33-30-28(25)29(32-14-7-17-36-15-5-2-6-16-36)34-27(35-30)19-21-10-11-22-8-3-4-9-23(22)18-21/h3-4,8-13,18,20H,2,5-7,14-17,19H2,1H3,(H2,32,33,34,35). The number of carbonyl (C=O) groups is 1. The predicted molar refractivity (Wildman–Crippen MR) is 153 cm³/mol. The first-order valence-electron chi connectivity index (χ1n) is 13.5. The second-order valence-corrected chi connectivity index (χ2v) is 10.1. The summed E-state index contributed by atoms with van der Waals surface area (Å²) in [7, 11) is 1.40. The molecule has 3 aromatic carbocycles. The van der Waals surface area contributed by atoms with E-state index >= 15 is 0 Å². The van der Waals surface area contributed by atoms with E-state index < -0.39 is 0 Å². The lowest BCUT2D eigenvalue weighted by molar-refractivity contribution is 0.0601. The molecule has 5 aromatic rings. The third kappa shape index (κ3) is 5.07. The van der Waals surface area contributed by atoms with Crippen molar-refractivity contribution in [1.82, 2.24) is 19.9 Å². The largest absolute Gasteiger partial charge is 0.465 e. The minimum atomic E-state index is -0.357. The molecule has 194 valence electrons. The van der Waals surface area contributed by atoms with Crippen molar-refractivity contribution >= 4 is 44.5 Å². The number of hydrogen-bond donors (Lipinski definition) is 2. The van der Waals surface area contributed by atoms with Crippen molar-refractivity contribution in [3.63, 3.8) is 0 Å². The van der Waals surface area contributed by atoms with Gasteiger partial charge in [0.2, 0.25) is 0 Å². The van der Waals surface area contributed by atoms with Crippen LogP contribution in [0.2, 0.25) is 0 Å². The number of likely N-dealkylation sites (tertiary alicyclic amines) is 1. The van der Waals surface area contributed by atoms with Gasteiger partial charge in [-0.1, -0.05) is 55.0 Å². The van der Waals surface area contributed by atoms with Gasteiger partial charge in [-0.2, -0.15) is 0 Å². The summed E-state index contributed by atoms with van der Waals surface area (Å²) in [6, 6.07) is 20.5. The van der Waals surface area contributed by atoms with Crippen molar-refractivity contribution in [2.45, 2.75) is 32.1 Å². The molecule has 0 radical (unpaired) electrons. The normalized spacial score (nSPS) is 14.3. The van der Waals surface area contributed by atoms with E-state index in [4.69, 9.17) is 14.7 Å². The van der Waals surface area contributed by atoms with E-state index in [2.05, 4.69) is 57.7 Å². The molecule has 1 aliphatic rings. The highest BCUT2D eigenvalue weighted by atomic mass is 16.5. The summed E-state index contributed by atoms with van der Waals surface area (Å²) >= 11 is 0. The number of nitrogens with zero attached hydrogens (tertiary/aromatic N) is 3. The number of aromatic amines is 1. The smallest absolute Gasteiger partial charge is 0.337 e. The Kier molecular flexibility index (Phi) is 6.92. The Morgan fingerprint density at radius 3 is 2.68 bits per heavy atom. The van der Waals surface area contributed by atoms with Crippen LogP contribution in [-0.2, 0) is 11.2 Å². The van der Waals surface area contributed by atoms with Crippen LogP contribution in [0.1, 0.15) is 47.4 Å². The molecule has 0 aliphatic carbocycles. The number of carbonyl (C=O) groups excluding carboxylic acids is 1. The Balaban J connectivity index is 1.32. The first-order valence-corrected chi connectivity index (χ1v) is 13.5. The summed E-state index contributed by atoms with van der Waals surface area (Å²) in [6.07, 6.45) is 5.65. The number of piperidine rings is 1. The van der Waals surface area contributed by atoms with Gasteiger partial charge in [0.1, 0.15) is 17.3 Å². The van der Waals surface area contributed by atoms with Crippen LogP contribution >= 0.6 is 0 Å². The Morgan fingerprint density at radius 2 is 1.84 bits per heavy atom. The van der Waals surface area contributed by atoms with Crippen LogP contribution < -0.4 is 5.32 Å².